The highest BCUT2D eigenvalue weighted by molar-refractivity contribution is 8.14. The van der Waals surface area contributed by atoms with Gasteiger partial charge in [-0.05, 0) is 43.2 Å². The number of hydrogen-bond acceptors (Lipinski definition) is 7. The largest absolute Gasteiger partial charge is 0.378 e. The van der Waals surface area contributed by atoms with E-state index in [-0.39, 0.29) is 16.7 Å². The first kappa shape index (κ1) is 22.3. The maximum absolute atomic E-state index is 12.0. The molecule has 1 aromatic carbocycles. The first-order valence-electron chi connectivity index (χ1n) is 9.05. The van der Waals surface area contributed by atoms with Crippen LogP contribution in [0.2, 0.25) is 0 Å². The average molecular weight is 419 g/mol. The number of benzene rings is 1. The predicted octanol–water partition coefficient (Wildman–Crippen LogP) is 4.05. The van der Waals surface area contributed by atoms with Crippen LogP contribution in [-0.4, -0.2) is 47.9 Å². The fraction of sp³-hybridized carbons (Fsp3) is 0.333. The van der Waals surface area contributed by atoms with Gasteiger partial charge in [-0.1, -0.05) is 36.5 Å². The molecule has 28 heavy (non-hydrogen) atoms. The Morgan fingerprint density at radius 3 is 2.50 bits per heavy atom. The molecule has 0 bridgehead atoms. The fourth-order valence-corrected chi connectivity index (χ4v) is 3.60. The van der Waals surface area contributed by atoms with Gasteiger partial charge in [0.2, 0.25) is 0 Å². The van der Waals surface area contributed by atoms with E-state index in [1.54, 1.807) is 12.1 Å². The lowest BCUT2D eigenvalue weighted by Crippen LogP contribution is -2.34. The van der Waals surface area contributed by atoms with E-state index in [9.17, 15) is 9.59 Å². The summed E-state index contributed by atoms with van der Waals surface area (Å²) in [6, 6.07) is 7.37. The number of ketones is 1. The summed E-state index contributed by atoms with van der Waals surface area (Å²) in [7, 11) is 0. The number of ether oxygens (including phenoxy) is 1. The predicted molar refractivity (Wildman–Crippen MR) is 117 cm³/mol. The van der Waals surface area contributed by atoms with Crippen molar-refractivity contribution in [3.63, 3.8) is 0 Å². The quantitative estimate of drug-likeness (QED) is 0.369. The van der Waals surface area contributed by atoms with Crippen molar-refractivity contribution >= 4 is 34.6 Å². The zero-order chi connectivity index (χ0) is 20.4. The highest BCUT2D eigenvalue weighted by atomic mass is 32.2. The van der Waals surface area contributed by atoms with Crippen LogP contribution in [0.1, 0.15) is 24.2 Å². The smallest absolute Gasteiger partial charge is 0.186 e. The molecule has 7 heteroatoms. The van der Waals surface area contributed by atoms with Crippen LogP contribution in [0.4, 0.5) is 0 Å². The second-order valence-electron chi connectivity index (χ2n) is 6.10. The van der Waals surface area contributed by atoms with Crippen LogP contribution in [0.5, 0.6) is 0 Å². The van der Waals surface area contributed by atoms with E-state index in [2.05, 4.69) is 16.2 Å². The molecule has 1 fully saturated rings. The van der Waals surface area contributed by atoms with E-state index < -0.39 is 0 Å². The van der Waals surface area contributed by atoms with Crippen LogP contribution in [0.15, 0.2) is 65.4 Å². The Morgan fingerprint density at radius 1 is 1.21 bits per heavy atom. The van der Waals surface area contributed by atoms with Crippen molar-refractivity contribution in [3.05, 3.63) is 66.0 Å². The second kappa shape index (κ2) is 11.8. The molecule has 0 atom stereocenters. The van der Waals surface area contributed by atoms with Crippen LogP contribution in [0, 0.1) is 0 Å². The number of rotatable bonds is 9. The van der Waals surface area contributed by atoms with Gasteiger partial charge in [0.05, 0.1) is 19.0 Å². The molecule has 0 aliphatic carbocycles. The minimum Gasteiger partial charge on any atom is -0.378 e. The topological polar surface area (TPSA) is 58.6 Å². The summed E-state index contributed by atoms with van der Waals surface area (Å²) in [5.41, 5.74) is 2.56. The Balaban J connectivity index is 1.84. The molecule has 5 nitrogen and oxygen atoms in total. The van der Waals surface area contributed by atoms with Gasteiger partial charge in [-0.2, -0.15) is 0 Å². The van der Waals surface area contributed by atoms with Gasteiger partial charge in [0, 0.05) is 41.9 Å². The van der Waals surface area contributed by atoms with Crippen LogP contribution in [0.3, 0.4) is 0 Å². The number of hydrogen-bond donors (Lipinski definition) is 1. The maximum Gasteiger partial charge on any atom is 0.186 e. The lowest BCUT2D eigenvalue weighted by Gasteiger charge is -2.29. The van der Waals surface area contributed by atoms with Crippen molar-refractivity contribution in [1.82, 2.24) is 9.62 Å². The summed E-state index contributed by atoms with van der Waals surface area (Å²) in [6.45, 7) is 10.8. The molecule has 1 heterocycles. The molecule has 0 spiro atoms. The summed E-state index contributed by atoms with van der Waals surface area (Å²) in [5.74, 6) is 0.143. The van der Waals surface area contributed by atoms with Crippen molar-refractivity contribution in [2.24, 2.45) is 0 Å². The normalized spacial score (nSPS) is 14.9. The summed E-state index contributed by atoms with van der Waals surface area (Å²) in [5, 5.41) is -0.0482. The number of thioether (sulfide) groups is 1. The third-order valence-corrected chi connectivity index (χ3v) is 5.71. The van der Waals surface area contributed by atoms with E-state index in [1.807, 2.05) is 37.3 Å². The molecule has 0 aromatic heterocycles. The number of allylic oxidation sites excluding steroid dienone is 3. The van der Waals surface area contributed by atoms with E-state index in [0.29, 0.717) is 5.56 Å². The summed E-state index contributed by atoms with van der Waals surface area (Å²) >= 11 is 2.51. The number of morpholine rings is 1. The van der Waals surface area contributed by atoms with Gasteiger partial charge in [-0.25, -0.2) is 0 Å². The molecule has 2 rings (SSSR count). The Hall–Kier alpha value is -1.96. The molecule has 0 radical (unpaired) electrons. The summed E-state index contributed by atoms with van der Waals surface area (Å²) in [4.78, 5) is 26.2. The molecule has 0 amide bonds. The molecule has 1 saturated heterocycles. The maximum atomic E-state index is 12.0. The third-order valence-electron chi connectivity index (χ3n) is 4.05. The highest BCUT2D eigenvalue weighted by Gasteiger charge is 2.10. The lowest BCUT2D eigenvalue weighted by molar-refractivity contribution is -0.109. The fourth-order valence-electron chi connectivity index (χ4n) is 2.41. The van der Waals surface area contributed by atoms with Gasteiger partial charge in [-0.15, -0.1) is 0 Å². The molecular weight excluding hydrogens is 392 g/mol. The Kier molecular flexibility index (Phi) is 9.40. The van der Waals surface area contributed by atoms with Crippen LogP contribution in [0.25, 0.3) is 0 Å². The molecule has 1 N–H and O–H groups in total. The lowest BCUT2D eigenvalue weighted by atomic mass is 10.1. The van der Waals surface area contributed by atoms with Gasteiger partial charge in [0.15, 0.2) is 10.9 Å². The number of carbonyl (C=O) groups is 2. The monoisotopic (exact) mass is 418 g/mol. The molecule has 1 aromatic rings. The zero-order valence-corrected chi connectivity index (χ0v) is 17.9. The van der Waals surface area contributed by atoms with Gasteiger partial charge in [-0.3, -0.25) is 9.59 Å². The molecule has 150 valence electrons. The number of nitrogens with one attached hydrogen (secondary N) is 1. The van der Waals surface area contributed by atoms with Crippen LogP contribution in [-0.2, 0) is 9.53 Å². The van der Waals surface area contributed by atoms with Crippen molar-refractivity contribution < 1.29 is 14.3 Å². The van der Waals surface area contributed by atoms with E-state index in [4.69, 9.17) is 4.74 Å². The van der Waals surface area contributed by atoms with Crippen LogP contribution < -0.4 is 4.72 Å². The summed E-state index contributed by atoms with van der Waals surface area (Å²) < 4.78 is 8.67. The van der Waals surface area contributed by atoms with Crippen molar-refractivity contribution in [1.29, 1.82) is 0 Å². The molecular formula is C21H26N2O3S2. The average Bonchev–Trinajstić information content (AvgIpc) is 2.73. The number of nitrogens with zero attached hydrogens (tertiary/aromatic N) is 1. The minimum absolute atomic E-state index is 0.0385. The Bertz CT molecular complexity index is 751. The zero-order valence-electron chi connectivity index (χ0n) is 16.3. The van der Waals surface area contributed by atoms with Gasteiger partial charge < -0.3 is 14.4 Å². The number of Topliss-reactive ketones (excluding diaryl/α,β-unsaturated/α-hetero) is 1. The molecule has 0 unspecified atom stereocenters. The summed E-state index contributed by atoms with van der Waals surface area (Å²) in [6.07, 6.45) is 6.00. The van der Waals surface area contributed by atoms with E-state index in [0.717, 1.165) is 54.4 Å². The van der Waals surface area contributed by atoms with Gasteiger partial charge >= 0.3 is 0 Å². The molecule has 0 saturated carbocycles. The SMILES string of the molecule is C=C(/C=C\C(=C/C)NSc1ccc(C(=O)CSC(C)=O)cc1)N1CCOCC1. The van der Waals surface area contributed by atoms with Crippen molar-refractivity contribution in [2.45, 2.75) is 18.7 Å². The standard InChI is InChI=1S/C21H26N2O3S2/c1-4-19(8-5-16(2)23-11-13-26-14-12-23)22-28-20-9-6-18(7-10-20)21(25)15-27-17(3)24/h4-10,22H,2,11-15H2,1,3H3/b8-5-,19-4+. The Morgan fingerprint density at radius 2 is 1.89 bits per heavy atom. The van der Waals surface area contributed by atoms with Crippen molar-refractivity contribution in [2.75, 3.05) is 32.1 Å². The highest BCUT2D eigenvalue weighted by Crippen LogP contribution is 2.19. The Labute approximate surface area is 175 Å². The van der Waals surface area contributed by atoms with Gasteiger partial charge in [0.1, 0.15) is 0 Å². The third kappa shape index (κ3) is 7.58. The number of carbonyl (C=O) groups excluding carboxylic acids is 2. The van der Waals surface area contributed by atoms with E-state index in [1.165, 1.54) is 18.9 Å². The van der Waals surface area contributed by atoms with Crippen LogP contribution >= 0.6 is 23.7 Å². The van der Waals surface area contributed by atoms with Crippen molar-refractivity contribution in [3.8, 4) is 0 Å². The molecule has 1 aliphatic heterocycles. The minimum atomic E-state index is -0.0482. The molecule has 1 aliphatic rings. The second-order valence-corrected chi connectivity index (χ2v) is 8.13. The first-order chi connectivity index (χ1) is 13.5. The van der Waals surface area contributed by atoms with Gasteiger partial charge in [0.25, 0.3) is 0 Å². The first-order valence-corrected chi connectivity index (χ1v) is 10.8. The van der Waals surface area contributed by atoms with E-state index >= 15 is 0 Å².